The summed E-state index contributed by atoms with van der Waals surface area (Å²) in [6.45, 7) is 0. The zero-order valence-electron chi connectivity index (χ0n) is 10.1. The second-order valence-corrected chi connectivity index (χ2v) is 5.66. The largest absolute Gasteiger partial charge is 0.338 e. The van der Waals surface area contributed by atoms with Gasteiger partial charge in [0.1, 0.15) is 5.82 Å². The third-order valence-corrected chi connectivity index (χ3v) is 4.69. The Morgan fingerprint density at radius 2 is 2.56 bits per heavy atom. The van der Waals surface area contributed by atoms with Crippen molar-refractivity contribution >= 4 is 11.8 Å². The first-order valence-electron chi connectivity index (χ1n) is 6.02. The SMILES string of the molecule is CNC(CCc1nccn1C)C1CCSC1. The van der Waals surface area contributed by atoms with E-state index < -0.39 is 0 Å². The zero-order chi connectivity index (χ0) is 11.4. The molecule has 16 heavy (non-hydrogen) atoms. The maximum atomic E-state index is 4.38. The highest BCUT2D eigenvalue weighted by Crippen LogP contribution is 2.27. The third-order valence-electron chi connectivity index (χ3n) is 3.50. The van der Waals surface area contributed by atoms with E-state index >= 15 is 0 Å². The Balaban J connectivity index is 1.85. The number of hydrogen-bond donors (Lipinski definition) is 1. The quantitative estimate of drug-likeness (QED) is 0.848. The van der Waals surface area contributed by atoms with Gasteiger partial charge in [-0.25, -0.2) is 4.98 Å². The minimum atomic E-state index is 0.659. The molecule has 1 fully saturated rings. The van der Waals surface area contributed by atoms with Gasteiger partial charge in [0.25, 0.3) is 0 Å². The van der Waals surface area contributed by atoms with Crippen LogP contribution in [0.3, 0.4) is 0 Å². The van der Waals surface area contributed by atoms with Crippen molar-refractivity contribution in [1.29, 1.82) is 0 Å². The molecule has 0 radical (unpaired) electrons. The van der Waals surface area contributed by atoms with E-state index in [4.69, 9.17) is 0 Å². The van der Waals surface area contributed by atoms with Gasteiger partial charge in [-0.15, -0.1) is 0 Å². The minimum absolute atomic E-state index is 0.659. The van der Waals surface area contributed by atoms with Crippen LogP contribution in [0.2, 0.25) is 0 Å². The van der Waals surface area contributed by atoms with Crippen LogP contribution in [0.1, 0.15) is 18.7 Å². The molecule has 2 rings (SSSR count). The lowest BCUT2D eigenvalue weighted by atomic mass is 9.95. The van der Waals surface area contributed by atoms with E-state index in [0.29, 0.717) is 6.04 Å². The minimum Gasteiger partial charge on any atom is -0.338 e. The molecule has 1 N–H and O–H groups in total. The number of rotatable bonds is 5. The van der Waals surface area contributed by atoms with Gasteiger partial charge in [0, 0.05) is 31.9 Å². The number of imidazole rings is 1. The molecule has 2 atom stereocenters. The number of nitrogens with one attached hydrogen (secondary N) is 1. The summed E-state index contributed by atoms with van der Waals surface area (Å²) < 4.78 is 2.12. The van der Waals surface area contributed by atoms with Gasteiger partial charge in [0.15, 0.2) is 0 Å². The fraction of sp³-hybridized carbons (Fsp3) is 0.750. The summed E-state index contributed by atoms with van der Waals surface area (Å²) in [5.74, 6) is 4.72. The Labute approximate surface area is 102 Å². The highest BCUT2D eigenvalue weighted by Gasteiger charge is 2.24. The Bertz CT molecular complexity index is 318. The lowest BCUT2D eigenvalue weighted by molar-refractivity contribution is 0.381. The summed E-state index contributed by atoms with van der Waals surface area (Å²) in [7, 11) is 4.16. The van der Waals surface area contributed by atoms with Gasteiger partial charge in [-0.3, -0.25) is 0 Å². The molecule has 1 aromatic rings. The highest BCUT2D eigenvalue weighted by atomic mass is 32.2. The van der Waals surface area contributed by atoms with Crippen LogP contribution in [0.15, 0.2) is 12.4 Å². The Morgan fingerprint density at radius 3 is 3.12 bits per heavy atom. The fourth-order valence-electron chi connectivity index (χ4n) is 2.41. The molecule has 2 heterocycles. The summed E-state index contributed by atoms with van der Waals surface area (Å²) in [5, 5.41) is 3.48. The van der Waals surface area contributed by atoms with Crippen molar-refractivity contribution in [2.45, 2.75) is 25.3 Å². The standard InChI is InChI=1S/C12H21N3S/c1-13-11(10-5-8-16-9-10)3-4-12-14-6-7-15(12)2/h6-7,10-11,13H,3-5,8-9H2,1-2H3. The van der Waals surface area contributed by atoms with Crippen LogP contribution in [0.25, 0.3) is 0 Å². The average Bonchev–Trinajstić information content (AvgIpc) is 2.92. The van der Waals surface area contributed by atoms with E-state index in [-0.39, 0.29) is 0 Å². The van der Waals surface area contributed by atoms with E-state index in [1.54, 1.807) is 0 Å². The lowest BCUT2D eigenvalue weighted by Crippen LogP contribution is -2.34. The molecule has 4 heteroatoms. The van der Waals surface area contributed by atoms with Gasteiger partial charge in [-0.05, 0) is 37.3 Å². The summed E-state index contributed by atoms with van der Waals surface area (Å²) in [4.78, 5) is 4.38. The number of aromatic nitrogens is 2. The van der Waals surface area contributed by atoms with Crippen molar-refractivity contribution in [3.63, 3.8) is 0 Å². The molecule has 1 saturated heterocycles. The predicted molar refractivity (Wildman–Crippen MR) is 69.8 cm³/mol. The van der Waals surface area contributed by atoms with Gasteiger partial charge < -0.3 is 9.88 Å². The first-order valence-corrected chi connectivity index (χ1v) is 7.18. The molecule has 0 aromatic carbocycles. The molecule has 0 saturated carbocycles. The number of aryl methyl sites for hydroxylation is 2. The first kappa shape index (κ1) is 12.0. The van der Waals surface area contributed by atoms with Crippen molar-refractivity contribution in [2.75, 3.05) is 18.6 Å². The highest BCUT2D eigenvalue weighted by molar-refractivity contribution is 7.99. The van der Waals surface area contributed by atoms with Crippen molar-refractivity contribution in [2.24, 2.45) is 13.0 Å². The molecule has 90 valence electrons. The van der Waals surface area contributed by atoms with Gasteiger partial charge in [-0.2, -0.15) is 11.8 Å². The van der Waals surface area contributed by atoms with Crippen molar-refractivity contribution in [1.82, 2.24) is 14.9 Å². The molecular formula is C12H21N3S. The first-order chi connectivity index (χ1) is 7.81. The lowest BCUT2D eigenvalue weighted by Gasteiger charge is -2.22. The zero-order valence-corrected chi connectivity index (χ0v) is 11.0. The van der Waals surface area contributed by atoms with Crippen molar-refractivity contribution in [3.8, 4) is 0 Å². The number of nitrogens with zero attached hydrogens (tertiary/aromatic N) is 2. The molecule has 0 aliphatic carbocycles. The van der Waals surface area contributed by atoms with E-state index in [0.717, 1.165) is 12.3 Å². The van der Waals surface area contributed by atoms with Crippen LogP contribution in [0.5, 0.6) is 0 Å². The molecule has 2 unspecified atom stereocenters. The van der Waals surface area contributed by atoms with Crippen LogP contribution in [0.4, 0.5) is 0 Å². The Morgan fingerprint density at radius 1 is 1.69 bits per heavy atom. The van der Waals surface area contributed by atoms with E-state index in [1.807, 2.05) is 12.4 Å². The molecule has 3 nitrogen and oxygen atoms in total. The Kier molecular flexibility index (Phi) is 4.29. The van der Waals surface area contributed by atoms with Gasteiger partial charge >= 0.3 is 0 Å². The molecule has 0 bridgehead atoms. The predicted octanol–water partition coefficient (Wildman–Crippen LogP) is 1.69. The second kappa shape index (κ2) is 5.73. The number of thioether (sulfide) groups is 1. The molecule has 1 aliphatic heterocycles. The fourth-order valence-corrected chi connectivity index (χ4v) is 3.75. The molecule has 1 aromatic heterocycles. The van der Waals surface area contributed by atoms with E-state index in [1.165, 1.54) is 30.2 Å². The van der Waals surface area contributed by atoms with Gasteiger partial charge in [-0.1, -0.05) is 0 Å². The maximum absolute atomic E-state index is 4.38. The molecule has 0 amide bonds. The van der Waals surface area contributed by atoms with Crippen LogP contribution < -0.4 is 5.32 Å². The van der Waals surface area contributed by atoms with Gasteiger partial charge in [0.05, 0.1) is 0 Å². The molecular weight excluding hydrogens is 218 g/mol. The molecule has 1 aliphatic rings. The normalized spacial score (nSPS) is 22.5. The monoisotopic (exact) mass is 239 g/mol. The van der Waals surface area contributed by atoms with Crippen LogP contribution in [0, 0.1) is 5.92 Å². The third kappa shape index (κ3) is 2.80. The number of hydrogen-bond acceptors (Lipinski definition) is 3. The van der Waals surface area contributed by atoms with E-state index in [9.17, 15) is 0 Å². The summed E-state index contributed by atoms with van der Waals surface area (Å²) in [6, 6.07) is 0.659. The summed E-state index contributed by atoms with van der Waals surface area (Å²) in [5.41, 5.74) is 0. The molecule has 0 spiro atoms. The van der Waals surface area contributed by atoms with Gasteiger partial charge in [0.2, 0.25) is 0 Å². The summed E-state index contributed by atoms with van der Waals surface area (Å²) >= 11 is 2.09. The van der Waals surface area contributed by atoms with Crippen LogP contribution in [-0.2, 0) is 13.5 Å². The topological polar surface area (TPSA) is 29.9 Å². The van der Waals surface area contributed by atoms with Crippen LogP contribution in [-0.4, -0.2) is 34.1 Å². The van der Waals surface area contributed by atoms with Crippen molar-refractivity contribution in [3.05, 3.63) is 18.2 Å². The second-order valence-electron chi connectivity index (χ2n) is 4.51. The Hall–Kier alpha value is -0.480. The summed E-state index contributed by atoms with van der Waals surface area (Å²) in [6.07, 6.45) is 7.56. The van der Waals surface area contributed by atoms with Crippen molar-refractivity contribution < 1.29 is 0 Å². The van der Waals surface area contributed by atoms with Crippen LogP contribution >= 0.6 is 11.8 Å². The average molecular weight is 239 g/mol. The smallest absolute Gasteiger partial charge is 0.108 e. The van der Waals surface area contributed by atoms with E-state index in [2.05, 4.69) is 40.7 Å². The maximum Gasteiger partial charge on any atom is 0.108 e.